The molecule has 19 heavy (non-hydrogen) atoms. The summed E-state index contributed by atoms with van der Waals surface area (Å²) in [5.74, 6) is 0.724. The van der Waals surface area contributed by atoms with E-state index in [1.54, 1.807) is 17.0 Å². The Labute approximate surface area is 113 Å². The van der Waals surface area contributed by atoms with Crippen molar-refractivity contribution in [2.75, 3.05) is 19.7 Å². The Kier molecular flexibility index (Phi) is 4.20. The highest BCUT2D eigenvalue weighted by atomic mass is 16.5. The van der Waals surface area contributed by atoms with Gasteiger partial charge in [0.15, 0.2) is 0 Å². The number of benzene rings is 1. The van der Waals surface area contributed by atoms with E-state index in [1.165, 1.54) is 0 Å². The Morgan fingerprint density at radius 3 is 2.84 bits per heavy atom. The molecule has 0 aliphatic carbocycles. The fraction of sp³-hybridized carbons (Fsp3) is 0.467. The third-order valence-corrected chi connectivity index (χ3v) is 3.38. The first-order valence-corrected chi connectivity index (χ1v) is 6.67. The van der Waals surface area contributed by atoms with Crippen molar-refractivity contribution in [3.05, 3.63) is 29.8 Å². The van der Waals surface area contributed by atoms with Crippen molar-refractivity contribution in [2.24, 2.45) is 5.92 Å². The second kappa shape index (κ2) is 5.87. The van der Waals surface area contributed by atoms with Crippen LogP contribution in [-0.4, -0.2) is 36.3 Å². The SMILES string of the molecule is CCOc1ccccc1C(=O)N1CCC(=O)C(C)C1. The number of hydrogen-bond donors (Lipinski definition) is 0. The van der Waals surface area contributed by atoms with Crippen LogP contribution < -0.4 is 4.74 Å². The number of ketones is 1. The molecule has 2 rings (SSSR count). The van der Waals surface area contributed by atoms with Gasteiger partial charge in [-0.2, -0.15) is 0 Å². The van der Waals surface area contributed by atoms with Gasteiger partial charge >= 0.3 is 0 Å². The van der Waals surface area contributed by atoms with Crippen molar-refractivity contribution in [3.63, 3.8) is 0 Å². The van der Waals surface area contributed by atoms with Gasteiger partial charge in [0.2, 0.25) is 0 Å². The zero-order valence-corrected chi connectivity index (χ0v) is 11.4. The molecule has 0 radical (unpaired) electrons. The molecule has 1 aliphatic rings. The van der Waals surface area contributed by atoms with Gasteiger partial charge in [-0.05, 0) is 19.1 Å². The standard InChI is InChI=1S/C15H19NO3/c1-3-19-14-7-5-4-6-12(14)15(18)16-9-8-13(17)11(2)10-16/h4-7,11H,3,8-10H2,1-2H3. The fourth-order valence-electron chi connectivity index (χ4n) is 2.29. The Bertz CT molecular complexity index is 484. The summed E-state index contributed by atoms with van der Waals surface area (Å²) < 4.78 is 5.48. The lowest BCUT2D eigenvalue weighted by Gasteiger charge is -2.30. The van der Waals surface area contributed by atoms with Gasteiger partial charge in [0.05, 0.1) is 12.2 Å². The average Bonchev–Trinajstić information content (AvgIpc) is 2.42. The topological polar surface area (TPSA) is 46.6 Å². The minimum absolute atomic E-state index is 0.0524. The Balaban J connectivity index is 2.18. The number of carbonyl (C=O) groups excluding carboxylic acids is 2. The van der Waals surface area contributed by atoms with Crippen molar-refractivity contribution >= 4 is 11.7 Å². The molecule has 1 unspecified atom stereocenters. The molecule has 1 aliphatic heterocycles. The zero-order chi connectivity index (χ0) is 13.8. The van der Waals surface area contributed by atoms with Crippen molar-refractivity contribution < 1.29 is 14.3 Å². The summed E-state index contributed by atoms with van der Waals surface area (Å²) in [4.78, 5) is 25.7. The molecule has 1 amide bonds. The van der Waals surface area contributed by atoms with Gasteiger partial charge in [0.25, 0.3) is 5.91 Å². The van der Waals surface area contributed by atoms with Crippen LogP contribution in [0.3, 0.4) is 0 Å². The van der Waals surface area contributed by atoms with Crippen molar-refractivity contribution in [2.45, 2.75) is 20.3 Å². The van der Waals surface area contributed by atoms with E-state index in [2.05, 4.69) is 0 Å². The van der Waals surface area contributed by atoms with Gasteiger partial charge in [-0.15, -0.1) is 0 Å². The van der Waals surface area contributed by atoms with Crippen molar-refractivity contribution in [1.82, 2.24) is 4.90 Å². The maximum Gasteiger partial charge on any atom is 0.257 e. The molecule has 0 aromatic heterocycles. The summed E-state index contributed by atoms with van der Waals surface area (Å²) in [6.45, 7) is 5.29. The van der Waals surface area contributed by atoms with E-state index in [9.17, 15) is 9.59 Å². The lowest BCUT2D eigenvalue weighted by Crippen LogP contribution is -2.43. The summed E-state index contributed by atoms with van der Waals surface area (Å²) in [5.41, 5.74) is 0.575. The number of para-hydroxylation sites is 1. The second-order valence-corrected chi connectivity index (χ2v) is 4.80. The van der Waals surface area contributed by atoms with Crippen LogP contribution in [0.4, 0.5) is 0 Å². The normalized spacial score (nSPS) is 19.4. The minimum Gasteiger partial charge on any atom is -0.493 e. The minimum atomic E-state index is -0.0723. The van der Waals surface area contributed by atoms with Crippen LogP contribution in [0.2, 0.25) is 0 Å². The Hall–Kier alpha value is -1.84. The molecule has 1 fully saturated rings. The maximum absolute atomic E-state index is 12.5. The van der Waals surface area contributed by atoms with E-state index in [0.29, 0.717) is 37.4 Å². The quantitative estimate of drug-likeness (QED) is 0.837. The lowest BCUT2D eigenvalue weighted by atomic mass is 9.98. The molecule has 0 N–H and O–H groups in total. The van der Waals surface area contributed by atoms with Crippen LogP contribution in [0.15, 0.2) is 24.3 Å². The molecule has 4 heteroatoms. The molecule has 102 valence electrons. The predicted molar refractivity (Wildman–Crippen MR) is 72.3 cm³/mol. The monoisotopic (exact) mass is 261 g/mol. The first-order valence-electron chi connectivity index (χ1n) is 6.67. The third-order valence-electron chi connectivity index (χ3n) is 3.38. The smallest absolute Gasteiger partial charge is 0.257 e. The van der Waals surface area contributed by atoms with Gasteiger partial charge in [-0.25, -0.2) is 0 Å². The third kappa shape index (κ3) is 2.95. The largest absolute Gasteiger partial charge is 0.493 e. The molecular weight excluding hydrogens is 242 g/mol. The van der Waals surface area contributed by atoms with Crippen molar-refractivity contribution in [1.29, 1.82) is 0 Å². The Morgan fingerprint density at radius 2 is 2.16 bits per heavy atom. The molecule has 0 saturated carbocycles. The first-order chi connectivity index (χ1) is 9.13. The molecule has 1 aromatic rings. The molecule has 0 spiro atoms. The van der Waals surface area contributed by atoms with Gasteiger partial charge in [0.1, 0.15) is 11.5 Å². The first kappa shape index (κ1) is 13.6. The van der Waals surface area contributed by atoms with Crippen molar-refractivity contribution in [3.8, 4) is 5.75 Å². The lowest BCUT2D eigenvalue weighted by molar-refractivity contribution is -0.124. The van der Waals surface area contributed by atoms with Crippen LogP contribution in [0, 0.1) is 5.92 Å². The van der Waals surface area contributed by atoms with Gasteiger partial charge in [0, 0.05) is 25.4 Å². The van der Waals surface area contributed by atoms with E-state index in [-0.39, 0.29) is 17.6 Å². The molecule has 1 heterocycles. The predicted octanol–water partition coefficient (Wildman–Crippen LogP) is 2.14. The summed E-state index contributed by atoms with van der Waals surface area (Å²) in [6, 6.07) is 7.25. The number of hydrogen-bond acceptors (Lipinski definition) is 3. The highest BCUT2D eigenvalue weighted by Gasteiger charge is 2.28. The number of rotatable bonds is 3. The zero-order valence-electron chi connectivity index (χ0n) is 11.4. The molecule has 1 aromatic carbocycles. The van der Waals surface area contributed by atoms with Crippen LogP contribution in [0.25, 0.3) is 0 Å². The molecule has 1 saturated heterocycles. The van der Waals surface area contributed by atoms with E-state index in [1.807, 2.05) is 26.0 Å². The molecule has 1 atom stereocenters. The van der Waals surface area contributed by atoms with Gasteiger partial charge in [-0.1, -0.05) is 19.1 Å². The van der Waals surface area contributed by atoms with Crippen LogP contribution in [-0.2, 0) is 4.79 Å². The second-order valence-electron chi connectivity index (χ2n) is 4.80. The number of ether oxygens (including phenoxy) is 1. The number of piperidine rings is 1. The highest BCUT2D eigenvalue weighted by Crippen LogP contribution is 2.22. The van der Waals surface area contributed by atoms with Crippen LogP contribution in [0.5, 0.6) is 5.75 Å². The van der Waals surface area contributed by atoms with Gasteiger partial charge < -0.3 is 9.64 Å². The fourth-order valence-corrected chi connectivity index (χ4v) is 2.29. The maximum atomic E-state index is 12.5. The van der Waals surface area contributed by atoms with Crippen LogP contribution in [0.1, 0.15) is 30.6 Å². The Morgan fingerprint density at radius 1 is 1.42 bits per heavy atom. The number of amides is 1. The van der Waals surface area contributed by atoms with E-state index in [4.69, 9.17) is 4.74 Å². The molecule has 4 nitrogen and oxygen atoms in total. The average molecular weight is 261 g/mol. The number of Topliss-reactive ketones (excluding diaryl/α,β-unsaturated/α-hetero) is 1. The molecule has 0 bridgehead atoms. The summed E-state index contributed by atoms with van der Waals surface area (Å²) in [6.07, 6.45) is 0.448. The number of likely N-dealkylation sites (tertiary alicyclic amines) is 1. The summed E-state index contributed by atoms with van der Waals surface area (Å²) in [5, 5.41) is 0. The van der Waals surface area contributed by atoms with E-state index < -0.39 is 0 Å². The van der Waals surface area contributed by atoms with Gasteiger partial charge in [-0.3, -0.25) is 9.59 Å². The summed E-state index contributed by atoms with van der Waals surface area (Å²) >= 11 is 0. The number of carbonyl (C=O) groups is 2. The van der Waals surface area contributed by atoms with E-state index in [0.717, 1.165) is 0 Å². The molecular formula is C15H19NO3. The van der Waals surface area contributed by atoms with E-state index >= 15 is 0 Å². The number of nitrogens with zero attached hydrogens (tertiary/aromatic N) is 1. The summed E-state index contributed by atoms with van der Waals surface area (Å²) in [7, 11) is 0. The highest BCUT2D eigenvalue weighted by molar-refractivity contribution is 5.98. The van der Waals surface area contributed by atoms with Crippen LogP contribution >= 0.6 is 0 Å².